The highest BCUT2D eigenvalue weighted by Crippen LogP contribution is 2.50. The van der Waals surface area contributed by atoms with Gasteiger partial charge in [0.1, 0.15) is 5.75 Å². The van der Waals surface area contributed by atoms with E-state index in [0.29, 0.717) is 19.2 Å². The molecule has 0 saturated carbocycles. The lowest BCUT2D eigenvalue weighted by Gasteiger charge is -2.34. The third-order valence-corrected chi connectivity index (χ3v) is 11.3. The zero-order chi connectivity index (χ0) is 36.1. The first-order valence-electron chi connectivity index (χ1n) is 17.2. The number of thioether (sulfide) groups is 2. The van der Waals surface area contributed by atoms with Crippen molar-refractivity contribution in [2.75, 3.05) is 19.3 Å². The second kappa shape index (κ2) is 16.2. The van der Waals surface area contributed by atoms with Gasteiger partial charge in [-0.25, -0.2) is 0 Å². The van der Waals surface area contributed by atoms with Crippen LogP contribution in [0.5, 0.6) is 5.75 Å². The summed E-state index contributed by atoms with van der Waals surface area (Å²) in [5.74, 6) is 1.33. The summed E-state index contributed by atoms with van der Waals surface area (Å²) < 4.78 is 18.2. The molecule has 48 heavy (non-hydrogen) atoms. The molecular weight excluding hydrogens is 649 g/mol. The lowest BCUT2D eigenvalue weighted by atomic mass is 9.77. The summed E-state index contributed by atoms with van der Waals surface area (Å²) in [5, 5.41) is 0. The maximum atomic E-state index is 6.60. The lowest BCUT2D eigenvalue weighted by molar-refractivity contribution is 0.00291. The first-order chi connectivity index (χ1) is 22.0. The summed E-state index contributed by atoms with van der Waals surface area (Å²) in [6.45, 7) is 33.6. The summed E-state index contributed by atoms with van der Waals surface area (Å²) >= 11 is 8.17. The zero-order valence-electron chi connectivity index (χ0n) is 32.2. The summed E-state index contributed by atoms with van der Waals surface area (Å²) in [7, 11) is 0. The Morgan fingerprint density at radius 3 is 1.58 bits per heavy atom. The number of hydrogen-bond donors (Lipinski definition) is 1. The highest BCUT2D eigenvalue weighted by molar-refractivity contribution is 8.18. The topological polar surface area (TPSA) is 27.7 Å². The van der Waals surface area contributed by atoms with Crippen LogP contribution in [-0.4, -0.2) is 23.4 Å². The molecule has 3 aromatic rings. The summed E-state index contributed by atoms with van der Waals surface area (Å²) in [4.78, 5) is 2.57. The molecule has 0 heterocycles. The molecule has 0 radical (unpaired) electrons. The van der Waals surface area contributed by atoms with Gasteiger partial charge in [0, 0.05) is 27.5 Å². The Hall–Kier alpha value is -1.57. The van der Waals surface area contributed by atoms with Crippen LogP contribution in [0.25, 0.3) is 0 Å². The van der Waals surface area contributed by atoms with Gasteiger partial charge in [0.25, 0.3) is 0 Å². The van der Waals surface area contributed by atoms with Crippen molar-refractivity contribution in [2.45, 2.75) is 145 Å². The van der Waals surface area contributed by atoms with E-state index in [0.717, 1.165) is 17.7 Å². The Morgan fingerprint density at radius 2 is 1.10 bits per heavy atom. The van der Waals surface area contributed by atoms with Crippen LogP contribution < -0.4 is 4.74 Å². The van der Waals surface area contributed by atoms with Crippen LogP contribution in [-0.2, 0) is 37.7 Å². The number of thiol groups is 1. The average molecular weight is 711 g/mol. The van der Waals surface area contributed by atoms with Crippen molar-refractivity contribution >= 4 is 36.2 Å². The summed E-state index contributed by atoms with van der Waals surface area (Å²) in [6, 6.07) is 19.8. The molecule has 3 aromatic carbocycles. The molecule has 0 unspecified atom stereocenters. The monoisotopic (exact) mass is 710 g/mol. The molecule has 266 valence electrons. The molecule has 0 amide bonds. The third-order valence-electron chi connectivity index (χ3n) is 8.68. The average Bonchev–Trinajstić information content (AvgIpc) is 2.95. The summed E-state index contributed by atoms with van der Waals surface area (Å²) in [5.41, 5.74) is 7.56. The Labute approximate surface area is 307 Å². The van der Waals surface area contributed by atoms with E-state index in [1.165, 1.54) is 37.6 Å². The first kappa shape index (κ1) is 40.9. The summed E-state index contributed by atoms with van der Waals surface area (Å²) in [6.07, 6.45) is 0.846. The van der Waals surface area contributed by atoms with Gasteiger partial charge in [0.05, 0.1) is 16.6 Å². The second-order valence-electron chi connectivity index (χ2n) is 17.1. The van der Waals surface area contributed by atoms with E-state index in [1.807, 2.05) is 41.7 Å². The van der Waals surface area contributed by atoms with Crippen molar-refractivity contribution in [1.82, 2.24) is 0 Å². The normalized spacial score (nSPS) is 13.2. The molecule has 0 aliphatic heterocycles. The van der Waals surface area contributed by atoms with Gasteiger partial charge in [-0.05, 0) is 95.4 Å². The van der Waals surface area contributed by atoms with Crippen LogP contribution >= 0.6 is 36.2 Å². The quantitative estimate of drug-likeness (QED) is 0.0778. The van der Waals surface area contributed by atoms with E-state index < -0.39 is 0 Å². The molecule has 3 nitrogen and oxygen atoms in total. The van der Waals surface area contributed by atoms with Crippen LogP contribution in [0.1, 0.15) is 130 Å². The van der Waals surface area contributed by atoms with E-state index in [1.54, 1.807) is 0 Å². The SMILES string of the molecule is Cc1c(C(C)(C)C)cc(SC(C)(C)Sc2cc(C(C)(C)C)c(OCOCc3ccccc3)c(C(C)(C)CCOCS)c2)cc1C(C)(C)C. The molecule has 0 bridgehead atoms. The molecule has 0 N–H and O–H groups in total. The Morgan fingerprint density at radius 1 is 0.625 bits per heavy atom. The highest BCUT2D eigenvalue weighted by atomic mass is 32.2. The van der Waals surface area contributed by atoms with E-state index in [-0.39, 0.29) is 32.5 Å². The van der Waals surface area contributed by atoms with Gasteiger partial charge < -0.3 is 14.2 Å². The first-order valence-corrected chi connectivity index (χ1v) is 19.5. The van der Waals surface area contributed by atoms with Crippen LogP contribution in [0, 0.1) is 6.92 Å². The van der Waals surface area contributed by atoms with Gasteiger partial charge in [-0.1, -0.05) is 106 Å². The van der Waals surface area contributed by atoms with E-state index in [9.17, 15) is 0 Å². The molecule has 0 fully saturated rings. The molecule has 0 atom stereocenters. The van der Waals surface area contributed by atoms with Crippen LogP contribution in [0.4, 0.5) is 0 Å². The maximum absolute atomic E-state index is 6.60. The molecule has 0 saturated heterocycles. The van der Waals surface area contributed by atoms with Crippen LogP contribution in [0.2, 0.25) is 0 Å². The van der Waals surface area contributed by atoms with Gasteiger partial charge in [-0.15, -0.1) is 23.5 Å². The predicted molar refractivity (Wildman–Crippen MR) is 214 cm³/mol. The molecular formula is C42H62O3S3. The van der Waals surface area contributed by atoms with E-state index in [2.05, 4.69) is 146 Å². The van der Waals surface area contributed by atoms with Gasteiger partial charge in [-0.3, -0.25) is 0 Å². The number of benzene rings is 3. The van der Waals surface area contributed by atoms with Gasteiger partial charge >= 0.3 is 0 Å². The van der Waals surface area contributed by atoms with Gasteiger partial charge in [0.15, 0.2) is 6.79 Å². The van der Waals surface area contributed by atoms with Crippen molar-refractivity contribution in [3.8, 4) is 5.75 Å². The number of ether oxygens (including phenoxy) is 3. The van der Waals surface area contributed by atoms with E-state index >= 15 is 0 Å². The third kappa shape index (κ3) is 11.5. The highest BCUT2D eigenvalue weighted by Gasteiger charge is 2.33. The fourth-order valence-corrected chi connectivity index (χ4v) is 8.85. The van der Waals surface area contributed by atoms with Gasteiger partial charge in [0.2, 0.25) is 0 Å². The van der Waals surface area contributed by atoms with E-state index in [4.69, 9.17) is 14.2 Å². The number of hydrogen-bond acceptors (Lipinski definition) is 6. The minimum atomic E-state index is -0.203. The standard InChI is InChI=1S/C42H62O3S3/c1-29-33(38(2,3)4)22-31(23-34(29)39(5,6)7)47-42(13,14)48-32-24-35(40(8,9)10)37(36(25-32)41(11,12)20-21-43-28-46)45-27-44-26-30-18-16-15-17-19-30/h15-19,22-25,46H,20-21,26-28H2,1-14H3. The van der Waals surface area contributed by atoms with Crippen LogP contribution in [0.3, 0.4) is 0 Å². The van der Waals surface area contributed by atoms with Crippen LogP contribution in [0.15, 0.2) is 64.4 Å². The smallest absolute Gasteiger partial charge is 0.189 e. The largest absolute Gasteiger partial charge is 0.467 e. The maximum Gasteiger partial charge on any atom is 0.189 e. The number of rotatable bonds is 14. The molecule has 6 heteroatoms. The molecule has 0 aliphatic rings. The van der Waals surface area contributed by atoms with Crippen molar-refractivity contribution in [1.29, 1.82) is 0 Å². The molecule has 0 aromatic heterocycles. The molecule has 0 spiro atoms. The van der Waals surface area contributed by atoms with Crippen molar-refractivity contribution in [3.05, 3.63) is 88.0 Å². The van der Waals surface area contributed by atoms with Crippen molar-refractivity contribution < 1.29 is 14.2 Å². The molecule has 3 rings (SSSR count). The minimum absolute atomic E-state index is 0.0668. The fraction of sp³-hybridized carbons (Fsp3) is 0.571. The van der Waals surface area contributed by atoms with Crippen molar-refractivity contribution in [2.24, 2.45) is 0 Å². The Kier molecular flexibility index (Phi) is 13.8. The molecule has 0 aliphatic carbocycles. The zero-order valence-corrected chi connectivity index (χ0v) is 34.7. The van der Waals surface area contributed by atoms with Gasteiger partial charge in [-0.2, -0.15) is 12.6 Å². The Balaban J connectivity index is 2.04. The lowest BCUT2D eigenvalue weighted by Crippen LogP contribution is -2.24. The van der Waals surface area contributed by atoms with Crippen molar-refractivity contribution in [3.63, 3.8) is 0 Å². The fourth-order valence-electron chi connectivity index (χ4n) is 6.13. The Bertz CT molecular complexity index is 1450. The minimum Gasteiger partial charge on any atom is -0.467 e. The second-order valence-corrected chi connectivity index (χ2v) is 21.0. The predicted octanol–water partition coefficient (Wildman–Crippen LogP) is 12.6.